The molecular weight excluding hydrogens is 150 g/mol. The van der Waals surface area contributed by atoms with E-state index in [1.165, 1.54) is 0 Å². The zero-order valence-corrected chi connectivity index (χ0v) is 7.58. The molecule has 0 saturated heterocycles. The lowest BCUT2D eigenvalue weighted by Crippen LogP contribution is -2.27. The van der Waals surface area contributed by atoms with Crippen LogP contribution < -0.4 is 0 Å². The first-order valence-electron chi connectivity index (χ1n) is 4.24. The predicted octanol–water partition coefficient (Wildman–Crippen LogP) is 1.90. The summed E-state index contributed by atoms with van der Waals surface area (Å²) in [5.41, 5.74) is 0.997. The predicted molar refractivity (Wildman–Crippen MR) is 49.2 cm³/mol. The summed E-state index contributed by atoms with van der Waals surface area (Å²) in [5.74, 6) is 0.101. The van der Waals surface area contributed by atoms with Crippen molar-refractivity contribution in [3.05, 3.63) is 30.3 Å². The fourth-order valence-electron chi connectivity index (χ4n) is 1.28. The minimum atomic E-state index is 0.101. The van der Waals surface area contributed by atoms with Crippen molar-refractivity contribution in [1.82, 2.24) is 4.90 Å². The molecule has 12 heavy (non-hydrogen) atoms. The molecule has 0 fully saturated rings. The van der Waals surface area contributed by atoms with E-state index in [0.29, 0.717) is 0 Å². The number of hydrogen-bond donors (Lipinski definition) is 0. The highest BCUT2D eigenvalue weighted by Crippen LogP contribution is 2.13. The average Bonchev–Trinajstić information content (AvgIpc) is 2.07. The van der Waals surface area contributed by atoms with Gasteiger partial charge in [-0.15, -0.1) is 0 Å². The molecule has 65 valence electrons. The highest BCUT2D eigenvalue weighted by Gasteiger charge is 2.10. The maximum Gasteiger partial charge on any atom is 0.223 e. The Kier molecular flexibility index (Phi) is 3.09. The number of hydrogen-bond acceptors (Lipinski definition) is 1. The lowest BCUT2D eigenvalue weighted by atomic mass is 10.1. The number of amides is 1. The number of rotatable bonds is 2. The monoisotopic (exact) mass is 164 g/mol. The standard InChI is InChI=1S/C10H14NO/c1-3-11(9(2)12)10-7-5-4-6-8-10/h5-8H,3-4H2,1-2H3. The van der Waals surface area contributed by atoms with Crippen molar-refractivity contribution in [2.75, 3.05) is 6.54 Å². The SMILES string of the molecule is CCN(C(C)=O)C1=C[CH]CC=C1. The third-order valence-corrected chi connectivity index (χ3v) is 1.86. The molecule has 1 aliphatic rings. The van der Waals surface area contributed by atoms with Crippen LogP contribution in [0.4, 0.5) is 0 Å². The first-order chi connectivity index (χ1) is 5.75. The van der Waals surface area contributed by atoms with Crippen LogP contribution in [0.2, 0.25) is 0 Å². The third-order valence-electron chi connectivity index (χ3n) is 1.86. The first kappa shape index (κ1) is 9.04. The zero-order valence-electron chi connectivity index (χ0n) is 7.58. The van der Waals surface area contributed by atoms with Crippen LogP contribution in [0.1, 0.15) is 20.3 Å². The second-order valence-electron chi connectivity index (χ2n) is 2.73. The van der Waals surface area contributed by atoms with E-state index < -0.39 is 0 Å². The van der Waals surface area contributed by atoms with Gasteiger partial charge in [0.2, 0.25) is 5.91 Å². The second kappa shape index (κ2) is 4.10. The molecule has 0 atom stereocenters. The molecule has 1 rings (SSSR count). The van der Waals surface area contributed by atoms with Gasteiger partial charge in [-0.3, -0.25) is 4.79 Å². The smallest absolute Gasteiger partial charge is 0.223 e. The molecule has 0 heterocycles. The fourth-order valence-corrected chi connectivity index (χ4v) is 1.28. The summed E-state index contributed by atoms with van der Waals surface area (Å²) in [6.45, 7) is 4.30. The Balaban J connectivity index is 2.71. The quantitative estimate of drug-likeness (QED) is 0.610. The lowest BCUT2D eigenvalue weighted by molar-refractivity contribution is -0.126. The summed E-state index contributed by atoms with van der Waals surface area (Å²) in [6.07, 6.45) is 9.07. The molecule has 0 N–H and O–H groups in total. The molecule has 0 bridgehead atoms. The number of allylic oxidation sites excluding steroid dienone is 3. The highest BCUT2D eigenvalue weighted by molar-refractivity contribution is 5.76. The van der Waals surface area contributed by atoms with Crippen molar-refractivity contribution < 1.29 is 4.79 Å². The van der Waals surface area contributed by atoms with Crippen LogP contribution in [0, 0.1) is 6.42 Å². The topological polar surface area (TPSA) is 20.3 Å². The van der Waals surface area contributed by atoms with Crippen LogP contribution in [0.25, 0.3) is 0 Å². The van der Waals surface area contributed by atoms with Gasteiger partial charge in [0.15, 0.2) is 0 Å². The molecule has 1 radical (unpaired) electrons. The number of carbonyl (C=O) groups excluding carboxylic acids is 1. The van der Waals surface area contributed by atoms with Crippen LogP contribution in [0.15, 0.2) is 23.9 Å². The molecular formula is C10H14NO. The Morgan fingerprint density at radius 3 is 2.83 bits per heavy atom. The fraction of sp³-hybridized carbons (Fsp3) is 0.400. The third kappa shape index (κ3) is 1.97. The number of likely N-dealkylation sites (N-methyl/N-ethyl adjacent to an activating group) is 1. The second-order valence-corrected chi connectivity index (χ2v) is 2.73. The van der Waals surface area contributed by atoms with Crippen molar-refractivity contribution >= 4 is 5.91 Å². The first-order valence-corrected chi connectivity index (χ1v) is 4.24. The molecule has 2 heteroatoms. The molecule has 0 aromatic rings. The maximum atomic E-state index is 11.1. The Hall–Kier alpha value is -1.05. The van der Waals surface area contributed by atoms with E-state index in [-0.39, 0.29) is 5.91 Å². The summed E-state index contributed by atoms with van der Waals surface area (Å²) in [4.78, 5) is 12.9. The average molecular weight is 164 g/mol. The largest absolute Gasteiger partial charge is 0.313 e. The summed E-state index contributed by atoms with van der Waals surface area (Å²) < 4.78 is 0. The minimum Gasteiger partial charge on any atom is -0.313 e. The summed E-state index contributed by atoms with van der Waals surface area (Å²) in [7, 11) is 0. The van der Waals surface area contributed by atoms with Crippen molar-refractivity contribution in [3.63, 3.8) is 0 Å². The molecule has 1 amide bonds. The van der Waals surface area contributed by atoms with E-state index in [9.17, 15) is 4.79 Å². The van der Waals surface area contributed by atoms with Gasteiger partial charge in [-0.05, 0) is 25.8 Å². The van der Waals surface area contributed by atoms with E-state index in [1.807, 2.05) is 19.1 Å². The molecule has 1 aliphatic carbocycles. The van der Waals surface area contributed by atoms with Crippen LogP contribution in [-0.2, 0) is 4.79 Å². The summed E-state index contributed by atoms with van der Waals surface area (Å²) >= 11 is 0. The molecule has 0 unspecified atom stereocenters. The van der Waals surface area contributed by atoms with E-state index in [1.54, 1.807) is 11.8 Å². The molecule has 0 aromatic heterocycles. The number of nitrogens with zero attached hydrogens (tertiary/aromatic N) is 1. The van der Waals surface area contributed by atoms with Crippen LogP contribution >= 0.6 is 0 Å². The van der Waals surface area contributed by atoms with Gasteiger partial charge < -0.3 is 4.90 Å². The number of carbonyl (C=O) groups is 1. The summed E-state index contributed by atoms with van der Waals surface area (Å²) in [5, 5.41) is 0. The Labute approximate surface area is 73.6 Å². The Morgan fingerprint density at radius 2 is 2.42 bits per heavy atom. The van der Waals surface area contributed by atoms with E-state index in [2.05, 4.69) is 12.5 Å². The van der Waals surface area contributed by atoms with Gasteiger partial charge in [0.1, 0.15) is 0 Å². The molecule has 0 aliphatic heterocycles. The lowest BCUT2D eigenvalue weighted by Gasteiger charge is -2.21. The van der Waals surface area contributed by atoms with Crippen molar-refractivity contribution in [1.29, 1.82) is 0 Å². The van der Waals surface area contributed by atoms with Crippen molar-refractivity contribution in [2.45, 2.75) is 20.3 Å². The van der Waals surface area contributed by atoms with Crippen molar-refractivity contribution in [2.24, 2.45) is 0 Å². The van der Waals surface area contributed by atoms with Crippen LogP contribution in [-0.4, -0.2) is 17.4 Å². The minimum absolute atomic E-state index is 0.101. The molecule has 0 saturated carbocycles. The highest BCUT2D eigenvalue weighted by atomic mass is 16.2. The van der Waals surface area contributed by atoms with Gasteiger partial charge in [0.05, 0.1) is 0 Å². The van der Waals surface area contributed by atoms with Gasteiger partial charge in [-0.25, -0.2) is 0 Å². The van der Waals surface area contributed by atoms with Crippen LogP contribution in [0.5, 0.6) is 0 Å². The Morgan fingerprint density at radius 1 is 1.67 bits per heavy atom. The molecule has 2 nitrogen and oxygen atoms in total. The van der Waals surface area contributed by atoms with Gasteiger partial charge in [-0.1, -0.05) is 12.2 Å². The van der Waals surface area contributed by atoms with E-state index in [0.717, 1.165) is 18.7 Å². The zero-order chi connectivity index (χ0) is 8.97. The molecule has 0 aromatic carbocycles. The van der Waals surface area contributed by atoms with Crippen LogP contribution in [0.3, 0.4) is 0 Å². The summed E-state index contributed by atoms with van der Waals surface area (Å²) in [6, 6.07) is 0. The van der Waals surface area contributed by atoms with Gasteiger partial charge in [-0.2, -0.15) is 0 Å². The van der Waals surface area contributed by atoms with E-state index >= 15 is 0 Å². The van der Waals surface area contributed by atoms with Gasteiger partial charge in [0.25, 0.3) is 0 Å². The van der Waals surface area contributed by atoms with Gasteiger partial charge >= 0.3 is 0 Å². The van der Waals surface area contributed by atoms with Crippen molar-refractivity contribution in [3.8, 4) is 0 Å². The Bertz CT molecular complexity index is 228. The van der Waals surface area contributed by atoms with Gasteiger partial charge in [0, 0.05) is 19.2 Å². The molecule has 0 spiro atoms. The normalized spacial score (nSPS) is 15.7. The maximum absolute atomic E-state index is 11.1. The van der Waals surface area contributed by atoms with E-state index in [4.69, 9.17) is 0 Å².